The van der Waals surface area contributed by atoms with E-state index in [0.717, 1.165) is 4.90 Å². The van der Waals surface area contributed by atoms with Crippen molar-refractivity contribution in [3.8, 4) is 11.3 Å². The molecule has 2 saturated heterocycles. The van der Waals surface area contributed by atoms with Crippen LogP contribution in [-0.2, 0) is 14.3 Å². The second-order valence-corrected chi connectivity index (χ2v) is 8.45. The first-order chi connectivity index (χ1) is 16.5. The first-order valence-electron chi connectivity index (χ1n) is 10.9. The molecule has 0 saturated carbocycles. The molecule has 1 N–H and O–H groups in total. The molecule has 3 aliphatic rings. The fourth-order valence-electron chi connectivity index (χ4n) is 4.72. The Hall–Kier alpha value is -4.19. The molecule has 2 aromatic heterocycles. The molecule has 5 heterocycles. The van der Waals surface area contributed by atoms with Gasteiger partial charge < -0.3 is 4.74 Å². The number of hydrogen-bond donors (Lipinski definition) is 1. The van der Waals surface area contributed by atoms with E-state index in [9.17, 15) is 19.2 Å². The Bertz CT molecular complexity index is 1330. The lowest BCUT2D eigenvalue weighted by molar-refractivity contribution is -0.136. The van der Waals surface area contributed by atoms with Gasteiger partial charge in [-0.2, -0.15) is 5.10 Å². The summed E-state index contributed by atoms with van der Waals surface area (Å²) in [5, 5.41) is 15.0. The molecule has 172 valence electrons. The van der Waals surface area contributed by atoms with Crippen molar-refractivity contribution in [3.63, 3.8) is 0 Å². The molecule has 0 aliphatic carbocycles. The molecular formula is C22H19N7O5. The van der Waals surface area contributed by atoms with Gasteiger partial charge in [-0.3, -0.25) is 34.1 Å². The molecule has 12 nitrogen and oxygen atoms in total. The van der Waals surface area contributed by atoms with E-state index in [0.29, 0.717) is 24.5 Å². The average Bonchev–Trinajstić information content (AvgIpc) is 3.62. The maximum Gasteiger partial charge on any atom is 0.262 e. The number of piperidine rings is 1. The summed E-state index contributed by atoms with van der Waals surface area (Å²) >= 11 is 0. The van der Waals surface area contributed by atoms with Crippen LogP contribution < -0.4 is 5.32 Å². The van der Waals surface area contributed by atoms with Crippen LogP contribution in [0.25, 0.3) is 11.3 Å². The van der Waals surface area contributed by atoms with Gasteiger partial charge in [0.25, 0.3) is 11.8 Å². The maximum absolute atomic E-state index is 13.1. The normalized spacial score (nSPS) is 24.6. The van der Waals surface area contributed by atoms with E-state index >= 15 is 0 Å². The van der Waals surface area contributed by atoms with E-state index in [1.807, 2.05) is 16.9 Å². The summed E-state index contributed by atoms with van der Waals surface area (Å²) in [4.78, 5) is 50.6. The predicted molar refractivity (Wildman–Crippen MR) is 113 cm³/mol. The topological polar surface area (TPSA) is 141 Å². The summed E-state index contributed by atoms with van der Waals surface area (Å²) in [6.07, 6.45) is 5.54. The molecule has 2 fully saturated rings. The largest absolute Gasteiger partial charge is 0.377 e. The molecule has 34 heavy (non-hydrogen) atoms. The minimum absolute atomic E-state index is 0.0224. The Labute approximate surface area is 192 Å². The number of ether oxygens (including phenoxy) is 1. The van der Waals surface area contributed by atoms with Gasteiger partial charge >= 0.3 is 0 Å². The molecule has 1 aromatic carbocycles. The van der Waals surface area contributed by atoms with Crippen LogP contribution in [0.3, 0.4) is 0 Å². The molecule has 0 radical (unpaired) electrons. The molecule has 3 atom stereocenters. The standard InChI is InChI=1S/C22H19N7O5/c30-19-5-4-16(20(31)24-19)29-21(32)13-3-2-12(8-14(13)22(29)33)15-9-28(26-25-15)18-11-34-10-17(18)27-7-1-6-23-27/h1-3,6-9,16-18H,4-5,10-11H2,(H,24,30,31)/t16?,17-,18+/m0/s1. The lowest BCUT2D eigenvalue weighted by Gasteiger charge is -2.27. The Balaban J connectivity index is 1.27. The lowest BCUT2D eigenvalue weighted by Crippen LogP contribution is -2.54. The van der Waals surface area contributed by atoms with Crippen molar-refractivity contribution in [2.24, 2.45) is 0 Å². The van der Waals surface area contributed by atoms with E-state index in [4.69, 9.17) is 4.74 Å². The number of hydrogen-bond acceptors (Lipinski definition) is 8. The molecule has 0 spiro atoms. The van der Waals surface area contributed by atoms with E-state index in [1.165, 1.54) is 0 Å². The van der Waals surface area contributed by atoms with E-state index in [1.54, 1.807) is 35.3 Å². The zero-order valence-corrected chi connectivity index (χ0v) is 17.8. The highest BCUT2D eigenvalue weighted by molar-refractivity contribution is 6.23. The van der Waals surface area contributed by atoms with Gasteiger partial charge in [-0.1, -0.05) is 11.3 Å². The minimum atomic E-state index is -1.00. The lowest BCUT2D eigenvalue weighted by atomic mass is 10.0. The molecule has 0 bridgehead atoms. The van der Waals surface area contributed by atoms with Crippen molar-refractivity contribution in [1.82, 2.24) is 35.0 Å². The average molecular weight is 461 g/mol. The summed E-state index contributed by atoms with van der Waals surface area (Å²) in [5.74, 6) is -2.16. The number of nitrogens with one attached hydrogen (secondary N) is 1. The SMILES string of the molecule is O=C1CCC(N2C(=O)c3ccc(-c4cn([C@@H]5COC[C@@H]5n5cccn5)nn4)cc3C2=O)C(=O)N1. The maximum atomic E-state index is 13.1. The van der Waals surface area contributed by atoms with Gasteiger partial charge in [0, 0.05) is 24.4 Å². The summed E-state index contributed by atoms with van der Waals surface area (Å²) in [6, 6.07) is 5.57. The van der Waals surface area contributed by atoms with Gasteiger partial charge in [0.2, 0.25) is 11.8 Å². The van der Waals surface area contributed by atoms with Crippen LogP contribution in [0.15, 0.2) is 42.9 Å². The molecule has 12 heteroatoms. The first kappa shape index (κ1) is 20.4. The number of carbonyl (C=O) groups excluding carboxylic acids is 4. The third-order valence-corrected chi connectivity index (χ3v) is 6.47. The second kappa shape index (κ2) is 7.70. The highest BCUT2D eigenvalue weighted by atomic mass is 16.5. The van der Waals surface area contributed by atoms with Gasteiger partial charge in [0.1, 0.15) is 17.8 Å². The van der Waals surface area contributed by atoms with Crippen LogP contribution in [0.4, 0.5) is 0 Å². The van der Waals surface area contributed by atoms with Crippen LogP contribution in [0, 0.1) is 0 Å². The molecule has 3 aliphatic heterocycles. The summed E-state index contributed by atoms with van der Waals surface area (Å²) in [6.45, 7) is 0.971. The number of fused-ring (bicyclic) bond motifs is 1. The zero-order chi connectivity index (χ0) is 23.4. The third-order valence-electron chi connectivity index (χ3n) is 6.47. The Morgan fingerprint density at radius 3 is 2.56 bits per heavy atom. The van der Waals surface area contributed by atoms with Crippen LogP contribution in [0.1, 0.15) is 45.6 Å². The van der Waals surface area contributed by atoms with Crippen LogP contribution >= 0.6 is 0 Å². The van der Waals surface area contributed by atoms with Crippen LogP contribution in [0.5, 0.6) is 0 Å². The number of aromatic nitrogens is 5. The Morgan fingerprint density at radius 2 is 1.79 bits per heavy atom. The minimum Gasteiger partial charge on any atom is -0.377 e. The third kappa shape index (κ3) is 3.14. The number of rotatable bonds is 4. The van der Waals surface area contributed by atoms with E-state index in [2.05, 4.69) is 20.7 Å². The van der Waals surface area contributed by atoms with E-state index in [-0.39, 0.29) is 36.1 Å². The quantitative estimate of drug-likeness (QED) is 0.549. The van der Waals surface area contributed by atoms with Crippen molar-refractivity contribution in [1.29, 1.82) is 0 Å². The Morgan fingerprint density at radius 1 is 1.00 bits per heavy atom. The van der Waals surface area contributed by atoms with Gasteiger partial charge in [0.15, 0.2) is 0 Å². The molecule has 4 amide bonds. The fraction of sp³-hybridized carbons (Fsp3) is 0.318. The monoisotopic (exact) mass is 461 g/mol. The van der Waals surface area contributed by atoms with Crippen molar-refractivity contribution >= 4 is 23.6 Å². The van der Waals surface area contributed by atoms with Gasteiger partial charge in [-0.15, -0.1) is 5.10 Å². The number of benzene rings is 1. The van der Waals surface area contributed by atoms with Crippen molar-refractivity contribution in [3.05, 3.63) is 54.0 Å². The summed E-state index contributed by atoms with van der Waals surface area (Å²) in [7, 11) is 0. The van der Waals surface area contributed by atoms with Gasteiger partial charge in [-0.05, 0) is 24.6 Å². The number of nitrogens with zero attached hydrogens (tertiary/aromatic N) is 6. The highest BCUT2D eigenvalue weighted by Gasteiger charge is 2.44. The highest BCUT2D eigenvalue weighted by Crippen LogP contribution is 2.33. The van der Waals surface area contributed by atoms with Crippen molar-refractivity contribution in [2.75, 3.05) is 13.2 Å². The molecule has 1 unspecified atom stereocenters. The Kier molecular flexibility index (Phi) is 4.62. The van der Waals surface area contributed by atoms with Crippen molar-refractivity contribution < 1.29 is 23.9 Å². The molecular weight excluding hydrogens is 442 g/mol. The van der Waals surface area contributed by atoms with Crippen LogP contribution in [-0.4, -0.2) is 72.6 Å². The summed E-state index contributed by atoms with van der Waals surface area (Å²) < 4.78 is 9.21. The van der Waals surface area contributed by atoms with Crippen molar-refractivity contribution in [2.45, 2.75) is 31.0 Å². The smallest absolute Gasteiger partial charge is 0.262 e. The first-order valence-corrected chi connectivity index (χ1v) is 10.9. The van der Waals surface area contributed by atoms with Crippen LogP contribution in [0.2, 0.25) is 0 Å². The predicted octanol–water partition coefficient (Wildman–Crippen LogP) is 0.355. The fourth-order valence-corrected chi connectivity index (χ4v) is 4.72. The van der Waals surface area contributed by atoms with Gasteiger partial charge in [0.05, 0.1) is 36.6 Å². The van der Waals surface area contributed by atoms with Gasteiger partial charge in [-0.25, -0.2) is 4.68 Å². The number of carbonyl (C=O) groups is 4. The number of imide groups is 2. The summed E-state index contributed by atoms with van der Waals surface area (Å²) in [5.41, 5.74) is 1.56. The molecule has 6 rings (SSSR count). The van der Waals surface area contributed by atoms with E-state index < -0.39 is 29.7 Å². The number of amides is 4. The second-order valence-electron chi connectivity index (χ2n) is 8.45. The molecule has 3 aromatic rings. The zero-order valence-electron chi connectivity index (χ0n) is 17.8.